The quantitative estimate of drug-likeness (QED) is 0.835. The molecule has 18 heavy (non-hydrogen) atoms. The Morgan fingerprint density at radius 1 is 1.28 bits per heavy atom. The molecule has 0 saturated carbocycles. The van der Waals surface area contributed by atoms with Gasteiger partial charge in [-0.25, -0.2) is 0 Å². The SMILES string of the molecule is CCN1C(=O)C(C(C)(C)C)NC(=O)C1CC(C)C. The van der Waals surface area contributed by atoms with Crippen molar-refractivity contribution in [2.45, 2.75) is 60.0 Å². The Morgan fingerprint density at radius 3 is 2.22 bits per heavy atom. The molecule has 4 nitrogen and oxygen atoms in total. The van der Waals surface area contributed by atoms with E-state index < -0.39 is 6.04 Å². The number of carbonyl (C=O) groups excluding carboxylic acids is 2. The largest absolute Gasteiger partial charge is 0.342 e. The monoisotopic (exact) mass is 254 g/mol. The molecular weight excluding hydrogens is 228 g/mol. The van der Waals surface area contributed by atoms with Crippen LogP contribution in [0.5, 0.6) is 0 Å². The minimum atomic E-state index is -0.409. The number of hydrogen-bond acceptors (Lipinski definition) is 2. The lowest BCUT2D eigenvalue weighted by molar-refractivity contribution is -0.152. The topological polar surface area (TPSA) is 49.4 Å². The molecule has 1 N–H and O–H groups in total. The maximum atomic E-state index is 12.5. The lowest BCUT2D eigenvalue weighted by Crippen LogP contribution is -2.66. The van der Waals surface area contributed by atoms with Crippen LogP contribution in [0.2, 0.25) is 0 Å². The van der Waals surface area contributed by atoms with Gasteiger partial charge in [0.05, 0.1) is 0 Å². The Kier molecular flexibility index (Phi) is 4.41. The summed E-state index contributed by atoms with van der Waals surface area (Å²) in [6, 6.07) is -0.713. The van der Waals surface area contributed by atoms with Crippen LogP contribution in [-0.4, -0.2) is 35.3 Å². The zero-order valence-electron chi connectivity index (χ0n) is 12.4. The number of amides is 2. The summed E-state index contributed by atoms with van der Waals surface area (Å²) in [6.45, 7) is 12.6. The zero-order valence-corrected chi connectivity index (χ0v) is 12.4. The second-order valence-corrected chi connectivity index (χ2v) is 6.58. The molecule has 2 unspecified atom stereocenters. The minimum Gasteiger partial charge on any atom is -0.342 e. The molecule has 0 aliphatic carbocycles. The first-order chi connectivity index (χ1) is 8.18. The van der Waals surface area contributed by atoms with Gasteiger partial charge < -0.3 is 10.2 Å². The van der Waals surface area contributed by atoms with Gasteiger partial charge in [-0.3, -0.25) is 9.59 Å². The maximum absolute atomic E-state index is 12.5. The second-order valence-electron chi connectivity index (χ2n) is 6.58. The smallest absolute Gasteiger partial charge is 0.246 e. The van der Waals surface area contributed by atoms with Gasteiger partial charge in [0.1, 0.15) is 12.1 Å². The fraction of sp³-hybridized carbons (Fsp3) is 0.857. The van der Waals surface area contributed by atoms with Gasteiger partial charge in [-0.1, -0.05) is 34.6 Å². The lowest BCUT2D eigenvalue weighted by atomic mass is 9.83. The summed E-state index contributed by atoms with van der Waals surface area (Å²) < 4.78 is 0. The van der Waals surface area contributed by atoms with Gasteiger partial charge in [0.15, 0.2) is 0 Å². The van der Waals surface area contributed by atoms with Crippen molar-refractivity contribution >= 4 is 11.8 Å². The summed E-state index contributed by atoms with van der Waals surface area (Å²) >= 11 is 0. The van der Waals surface area contributed by atoms with E-state index in [1.165, 1.54) is 0 Å². The van der Waals surface area contributed by atoms with Gasteiger partial charge in [0.25, 0.3) is 0 Å². The summed E-state index contributed by atoms with van der Waals surface area (Å²) in [5.41, 5.74) is -0.247. The molecule has 0 spiro atoms. The predicted octanol–water partition coefficient (Wildman–Crippen LogP) is 1.79. The van der Waals surface area contributed by atoms with Crippen molar-refractivity contribution in [3.05, 3.63) is 0 Å². The van der Waals surface area contributed by atoms with Crippen LogP contribution in [0.1, 0.15) is 48.0 Å². The van der Waals surface area contributed by atoms with Crippen molar-refractivity contribution in [3.63, 3.8) is 0 Å². The fourth-order valence-electron chi connectivity index (χ4n) is 2.41. The molecule has 1 heterocycles. The van der Waals surface area contributed by atoms with Crippen molar-refractivity contribution in [1.82, 2.24) is 10.2 Å². The van der Waals surface area contributed by atoms with Gasteiger partial charge >= 0.3 is 0 Å². The molecule has 0 aromatic heterocycles. The van der Waals surface area contributed by atoms with Gasteiger partial charge in [0.2, 0.25) is 11.8 Å². The molecule has 4 heteroatoms. The van der Waals surface area contributed by atoms with Crippen molar-refractivity contribution in [2.24, 2.45) is 11.3 Å². The molecule has 1 rings (SSSR count). The Balaban J connectivity index is 2.96. The molecule has 0 aromatic carbocycles. The van der Waals surface area contributed by atoms with E-state index in [2.05, 4.69) is 19.2 Å². The number of nitrogens with one attached hydrogen (secondary N) is 1. The number of piperazine rings is 1. The summed E-state index contributed by atoms with van der Waals surface area (Å²) in [5, 5.41) is 2.90. The lowest BCUT2D eigenvalue weighted by Gasteiger charge is -2.43. The fourth-order valence-corrected chi connectivity index (χ4v) is 2.41. The summed E-state index contributed by atoms with van der Waals surface area (Å²) in [6.07, 6.45) is 0.724. The molecule has 2 atom stereocenters. The van der Waals surface area contributed by atoms with Crippen LogP contribution < -0.4 is 5.32 Å². The van der Waals surface area contributed by atoms with Crippen LogP contribution in [0.15, 0.2) is 0 Å². The van der Waals surface area contributed by atoms with E-state index in [1.54, 1.807) is 4.90 Å². The van der Waals surface area contributed by atoms with Gasteiger partial charge in [-0.2, -0.15) is 0 Å². The molecule has 104 valence electrons. The number of nitrogens with zero attached hydrogens (tertiary/aromatic N) is 1. The number of rotatable bonds is 3. The second kappa shape index (κ2) is 5.29. The summed E-state index contributed by atoms with van der Waals surface area (Å²) in [5.74, 6) is 0.439. The molecule has 1 aliphatic heterocycles. The molecule has 1 fully saturated rings. The highest BCUT2D eigenvalue weighted by Gasteiger charge is 2.44. The van der Waals surface area contributed by atoms with Crippen LogP contribution in [0.4, 0.5) is 0 Å². The van der Waals surface area contributed by atoms with E-state index in [1.807, 2.05) is 27.7 Å². The summed E-state index contributed by atoms with van der Waals surface area (Å²) in [4.78, 5) is 26.4. The first-order valence-electron chi connectivity index (χ1n) is 6.79. The third kappa shape index (κ3) is 3.03. The molecule has 0 radical (unpaired) electrons. The molecule has 1 saturated heterocycles. The molecule has 1 aliphatic rings. The Hall–Kier alpha value is -1.06. The van der Waals surface area contributed by atoms with Gasteiger partial charge in [0, 0.05) is 6.54 Å². The van der Waals surface area contributed by atoms with Gasteiger partial charge in [-0.05, 0) is 24.7 Å². The van der Waals surface area contributed by atoms with Crippen LogP contribution in [0.25, 0.3) is 0 Å². The van der Waals surface area contributed by atoms with Crippen molar-refractivity contribution in [3.8, 4) is 0 Å². The van der Waals surface area contributed by atoms with E-state index in [0.29, 0.717) is 12.5 Å². The summed E-state index contributed by atoms with van der Waals surface area (Å²) in [7, 11) is 0. The molecular formula is C14H26N2O2. The molecule has 0 aromatic rings. The third-order valence-electron chi connectivity index (χ3n) is 3.40. The average Bonchev–Trinajstić information content (AvgIpc) is 2.21. The number of carbonyl (C=O) groups is 2. The standard InChI is InChI=1S/C14H26N2O2/c1-7-16-10(8-9(2)3)12(17)15-11(13(16)18)14(4,5)6/h9-11H,7-8H2,1-6H3,(H,15,17). The van der Waals surface area contributed by atoms with Crippen molar-refractivity contribution in [1.29, 1.82) is 0 Å². The van der Waals surface area contributed by atoms with Gasteiger partial charge in [-0.15, -0.1) is 0 Å². The van der Waals surface area contributed by atoms with E-state index in [0.717, 1.165) is 6.42 Å². The number of hydrogen-bond donors (Lipinski definition) is 1. The molecule has 2 amide bonds. The first kappa shape index (κ1) is 15.0. The van der Waals surface area contributed by atoms with Crippen LogP contribution in [0, 0.1) is 11.3 Å². The Morgan fingerprint density at radius 2 is 1.83 bits per heavy atom. The van der Waals surface area contributed by atoms with E-state index in [-0.39, 0.29) is 23.3 Å². The normalized spacial score (nSPS) is 25.6. The average molecular weight is 254 g/mol. The number of likely N-dealkylation sites (N-methyl/N-ethyl adjacent to an activating group) is 1. The minimum absolute atomic E-state index is 0.00919. The van der Waals surface area contributed by atoms with E-state index >= 15 is 0 Å². The van der Waals surface area contributed by atoms with Crippen molar-refractivity contribution in [2.75, 3.05) is 6.54 Å². The van der Waals surface area contributed by atoms with E-state index in [9.17, 15) is 9.59 Å². The van der Waals surface area contributed by atoms with E-state index in [4.69, 9.17) is 0 Å². The van der Waals surface area contributed by atoms with Crippen molar-refractivity contribution < 1.29 is 9.59 Å². The van der Waals surface area contributed by atoms with Crippen LogP contribution >= 0.6 is 0 Å². The highest BCUT2D eigenvalue weighted by Crippen LogP contribution is 2.26. The highest BCUT2D eigenvalue weighted by atomic mass is 16.2. The third-order valence-corrected chi connectivity index (χ3v) is 3.40. The van der Waals surface area contributed by atoms with Crippen LogP contribution in [0.3, 0.4) is 0 Å². The first-order valence-corrected chi connectivity index (χ1v) is 6.79. The zero-order chi connectivity index (χ0) is 14.1. The Labute approximate surface area is 110 Å². The highest BCUT2D eigenvalue weighted by molar-refractivity contribution is 5.97. The maximum Gasteiger partial charge on any atom is 0.246 e. The molecule has 0 bridgehead atoms. The van der Waals surface area contributed by atoms with Crippen LogP contribution in [-0.2, 0) is 9.59 Å². The predicted molar refractivity (Wildman–Crippen MR) is 72.0 cm³/mol. The Bertz CT molecular complexity index is 331.